The van der Waals surface area contributed by atoms with Gasteiger partial charge in [0.15, 0.2) is 0 Å². The Bertz CT molecular complexity index is 815. The van der Waals surface area contributed by atoms with Crippen molar-refractivity contribution in [2.24, 2.45) is 11.8 Å². The Kier molecular flexibility index (Phi) is 5.83. The van der Waals surface area contributed by atoms with Crippen LogP contribution >= 0.6 is 11.6 Å². The number of carbonyl (C=O) groups excluding carboxylic acids is 2. The molecule has 1 aromatic rings. The van der Waals surface area contributed by atoms with Crippen LogP contribution < -0.4 is 4.90 Å². The molecule has 4 rings (SSSR count). The van der Waals surface area contributed by atoms with Gasteiger partial charge in [-0.2, -0.15) is 13.2 Å². The lowest BCUT2D eigenvalue weighted by atomic mass is 9.94. The Balaban J connectivity index is 1.29. The number of rotatable bonds is 3. The van der Waals surface area contributed by atoms with E-state index in [0.29, 0.717) is 57.9 Å². The van der Waals surface area contributed by atoms with Crippen LogP contribution in [-0.2, 0) is 15.8 Å². The number of piperidine rings is 1. The average molecular weight is 445 g/mol. The van der Waals surface area contributed by atoms with E-state index in [1.54, 1.807) is 4.90 Å². The molecule has 2 saturated heterocycles. The smallest absolute Gasteiger partial charge is 0.352 e. The van der Waals surface area contributed by atoms with E-state index in [4.69, 9.17) is 11.6 Å². The SMILES string of the molecule is O=C(C1CC1)N1CCC(C(=O)N2CCN(c3ncc(C(F)(F)F)cc3Cl)CC2)CC1. The number of anilines is 1. The van der Waals surface area contributed by atoms with Gasteiger partial charge in [-0.05, 0) is 31.7 Å². The molecule has 0 N–H and O–H groups in total. The van der Waals surface area contributed by atoms with Crippen LogP contribution in [0.1, 0.15) is 31.2 Å². The van der Waals surface area contributed by atoms with E-state index in [2.05, 4.69) is 4.98 Å². The quantitative estimate of drug-likeness (QED) is 0.719. The molecule has 1 aliphatic carbocycles. The van der Waals surface area contributed by atoms with Crippen LogP contribution in [-0.4, -0.2) is 65.9 Å². The first kappa shape index (κ1) is 21.2. The summed E-state index contributed by atoms with van der Waals surface area (Å²) >= 11 is 6.04. The number of hydrogen-bond acceptors (Lipinski definition) is 4. The molecule has 164 valence electrons. The molecule has 0 atom stereocenters. The second kappa shape index (κ2) is 8.24. The van der Waals surface area contributed by atoms with E-state index in [-0.39, 0.29) is 28.7 Å². The molecular weight excluding hydrogens is 421 g/mol. The van der Waals surface area contributed by atoms with Crippen LogP contribution in [0.4, 0.5) is 19.0 Å². The van der Waals surface area contributed by atoms with E-state index >= 15 is 0 Å². The Morgan fingerprint density at radius 1 is 0.900 bits per heavy atom. The van der Waals surface area contributed by atoms with E-state index in [9.17, 15) is 22.8 Å². The van der Waals surface area contributed by atoms with Gasteiger partial charge in [0, 0.05) is 57.3 Å². The summed E-state index contributed by atoms with van der Waals surface area (Å²) < 4.78 is 38.4. The molecule has 0 aromatic carbocycles. The van der Waals surface area contributed by atoms with E-state index in [1.165, 1.54) is 0 Å². The van der Waals surface area contributed by atoms with Crippen LogP contribution in [0, 0.1) is 11.8 Å². The second-order valence-electron chi connectivity index (χ2n) is 8.21. The van der Waals surface area contributed by atoms with Gasteiger partial charge in [0.25, 0.3) is 0 Å². The summed E-state index contributed by atoms with van der Waals surface area (Å²) in [6.45, 7) is 3.14. The molecule has 30 heavy (non-hydrogen) atoms. The van der Waals surface area contributed by atoms with Crippen LogP contribution in [0.5, 0.6) is 0 Å². The van der Waals surface area contributed by atoms with Crippen molar-refractivity contribution in [3.63, 3.8) is 0 Å². The molecular formula is C20H24ClF3N4O2. The van der Waals surface area contributed by atoms with E-state index in [0.717, 1.165) is 25.1 Å². The Hall–Kier alpha value is -2.03. The highest BCUT2D eigenvalue weighted by Crippen LogP contribution is 2.34. The standard InChI is InChI=1S/C20H24ClF3N4O2/c21-16-11-15(20(22,23)24)12-25-17(16)26-7-9-28(10-8-26)19(30)14-3-5-27(6-4-14)18(29)13-1-2-13/h11-14H,1-10H2. The number of halogens is 4. The number of pyridine rings is 1. The molecule has 2 amide bonds. The fourth-order valence-electron chi connectivity index (χ4n) is 4.15. The molecule has 3 aliphatic rings. The molecule has 0 unspecified atom stereocenters. The maximum absolute atomic E-state index is 12.9. The number of hydrogen-bond donors (Lipinski definition) is 0. The van der Waals surface area contributed by atoms with Crippen LogP contribution in [0.25, 0.3) is 0 Å². The van der Waals surface area contributed by atoms with E-state index in [1.807, 2.05) is 9.80 Å². The van der Waals surface area contributed by atoms with Crippen LogP contribution in [0.3, 0.4) is 0 Å². The second-order valence-corrected chi connectivity index (χ2v) is 8.62. The van der Waals surface area contributed by atoms with Gasteiger partial charge < -0.3 is 14.7 Å². The minimum Gasteiger partial charge on any atom is -0.352 e. The zero-order valence-electron chi connectivity index (χ0n) is 16.5. The van der Waals surface area contributed by atoms with Gasteiger partial charge in [0.2, 0.25) is 11.8 Å². The van der Waals surface area contributed by atoms with Gasteiger partial charge in [-0.3, -0.25) is 9.59 Å². The molecule has 0 spiro atoms. The number of amides is 2. The number of alkyl halides is 3. The Labute approximate surface area is 178 Å². The topological polar surface area (TPSA) is 56.8 Å². The number of nitrogens with zero attached hydrogens (tertiary/aromatic N) is 4. The zero-order chi connectivity index (χ0) is 21.5. The monoisotopic (exact) mass is 444 g/mol. The maximum atomic E-state index is 12.9. The van der Waals surface area contributed by atoms with Crippen molar-refractivity contribution >= 4 is 29.2 Å². The van der Waals surface area contributed by atoms with Gasteiger partial charge in [-0.25, -0.2) is 4.98 Å². The molecule has 0 radical (unpaired) electrons. The highest BCUT2D eigenvalue weighted by atomic mass is 35.5. The minimum atomic E-state index is -4.49. The first-order chi connectivity index (χ1) is 14.2. The summed E-state index contributed by atoms with van der Waals surface area (Å²) in [5.41, 5.74) is -0.878. The van der Waals surface area contributed by atoms with Gasteiger partial charge in [-0.15, -0.1) is 0 Å². The van der Waals surface area contributed by atoms with Gasteiger partial charge >= 0.3 is 6.18 Å². The number of carbonyl (C=O) groups is 2. The predicted molar refractivity (Wildman–Crippen MR) is 105 cm³/mol. The van der Waals surface area contributed by atoms with Gasteiger partial charge in [0.05, 0.1) is 10.6 Å². The average Bonchev–Trinajstić information content (AvgIpc) is 3.58. The number of piperazine rings is 1. The summed E-state index contributed by atoms with van der Waals surface area (Å²) in [6, 6.07) is 0.887. The van der Waals surface area contributed by atoms with Crippen molar-refractivity contribution in [2.45, 2.75) is 31.9 Å². The summed E-state index contributed by atoms with van der Waals surface area (Å²) in [4.78, 5) is 34.4. The van der Waals surface area contributed by atoms with Crippen molar-refractivity contribution in [2.75, 3.05) is 44.2 Å². The zero-order valence-corrected chi connectivity index (χ0v) is 17.3. The Morgan fingerprint density at radius 3 is 1.93 bits per heavy atom. The highest BCUT2D eigenvalue weighted by Gasteiger charge is 2.37. The minimum absolute atomic E-state index is 0.0442. The molecule has 3 heterocycles. The third kappa shape index (κ3) is 4.50. The third-order valence-electron chi connectivity index (χ3n) is 6.12. The predicted octanol–water partition coefficient (Wildman–Crippen LogP) is 3.05. The summed E-state index contributed by atoms with van der Waals surface area (Å²) in [5, 5.41) is -0.0442. The summed E-state index contributed by atoms with van der Waals surface area (Å²) in [7, 11) is 0. The molecule has 2 aliphatic heterocycles. The van der Waals surface area contributed by atoms with Crippen LogP contribution in [0.2, 0.25) is 5.02 Å². The molecule has 0 bridgehead atoms. The molecule has 1 saturated carbocycles. The fourth-order valence-corrected chi connectivity index (χ4v) is 4.44. The third-order valence-corrected chi connectivity index (χ3v) is 6.40. The van der Waals surface area contributed by atoms with E-state index < -0.39 is 11.7 Å². The highest BCUT2D eigenvalue weighted by molar-refractivity contribution is 6.33. The normalized spacial score (nSPS) is 21.1. The van der Waals surface area contributed by atoms with Crippen LogP contribution in [0.15, 0.2) is 12.3 Å². The molecule has 6 nitrogen and oxygen atoms in total. The largest absolute Gasteiger partial charge is 0.417 e. The number of likely N-dealkylation sites (tertiary alicyclic amines) is 1. The fraction of sp³-hybridized carbons (Fsp3) is 0.650. The summed E-state index contributed by atoms with van der Waals surface area (Å²) in [6.07, 6.45) is -0.359. The summed E-state index contributed by atoms with van der Waals surface area (Å²) in [5.74, 6) is 0.766. The first-order valence-electron chi connectivity index (χ1n) is 10.3. The van der Waals surface area contributed by atoms with Crippen molar-refractivity contribution in [3.05, 3.63) is 22.8 Å². The Morgan fingerprint density at radius 2 is 1.43 bits per heavy atom. The number of aromatic nitrogens is 1. The van der Waals surface area contributed by atoms with Crippen molar-refractivity contribution in [3.8, 4) is 0 Å². The molecule has 1 aromatic heterocycles. The molecule has 3 fully saturated rings. The lowest BCUT2D eigenvalue weighted by molar-refractivity contribution is -0.141. The van der Waals surface area contributed by atoms with Crippen molar-refractivity contribution in [1.82, 2.24) is 14.8 Å². The van der Waals surface area contributed by atoms with Gasteiger partial charge in [0.1, 0.15) is 5.82 Å². The lowest BCUT2D eigenvalue weighted by Crippen LogP contribution is -2.52. The van der Waals surface area contributed by atoms with Gasteiger partial charge in [-0.1, -0.05) is 11.6 Å². The molecule has 10 heteroatoms. The maximum Gasteiger partial charge on any atom is 0.417 e. The lowest BCUT2D eigenvalue weighted by Gasteiger charge is -2.39. The first-order valence-corrected chi connectivity index (χ1v) is 10.7. The van der Waals surface area contributed by atoms with Crippen molar-refractivity contribution in [1.29, 1.82) is 0 Å². The van der Waals surface area contributed by atoms with Crippen molar-refractivity contribution < 1.29 is 22.8 Å².